The third-order valence-electron chi connectivity index (χ3n) is 4.09. The van der Waals surface area contributed by atoms with Crippen LogP contribution in [0.4, 0.5) is 17.6 Å². The van der Waals surface area contributed by atoms with Crippen LogP contribution < -0.4 is 5.73 Å². The van der Waals surface area contributed by atoms with Gasteiger partial charge in [-0.1, -0.05) is 6.07 Å². The van der Waals surface area contributed by atoms with Gasteiger partial charge in [0.15, 0.2) is 0 Å². The molecule has 8 heteroatoms. The zero-order valence-electron chi connectivity index (χ0n) is 12.0. The highest BCUT2D eigenvalue weighted by atomic mass is 32.2. The highest BCUT2D eigenvalue weighted by molar-refractivity contribution is 7.92. The average Bonchev–Trinajstić information content (AvgIpc) is 2.41. The molecule has 2 N–H and O–H groups in total. The van der Waals surface area contributed by atoms with Crippen molar-refractivity contribution in [3.8, 4) is 0 Å². The minimum absolute atomic E-state index is 0.154. The normalized spacial score (nSPS) is 30.3. The standard InChI is InChI=1S/C14H17F4NO2S/c1-12(19)5-7-13(15,8-6-12)22(20,21)11-4-2-3-10(9-11)14(16,17)18/h2-4,9H,5-8,19H2,1H3. The molecule has 0 amide bonds. The van der Waals surface area contributed by atoms with Gasteiger partial charge >= 0.3 is 6.18 Å². The van der Waals surface area contributed by atoms with Gasteiger partial charge in [-0.25, -0.2) is 12.8 Å². The number of sulfone groups is 1. The maximum absolute atomic E-state index is 14.9. The van der Waals surface area contributed by atoms with Gasteiger partial charge in [0.25, 0.3) is 0 Å². The summed E-state index contributed by atoms with van der Waals surface area (Å²) in [7, 11) is -4.52. The van der Waals surface area contributed by atoms with E-state index in [0.717, 1.165) is 18.2 Å². The fourth-order valence-corrected chi connectivity index (χ4v) is 4.22. The predicted molar refractivity (Wildman–Crippen MR) is 73.5 cm³/mol. The molecule has 1 fully saturated rings. The quantitative estimate of drug-likeness (QED) is 0.840. The molecule has 124 valence electrons. The SMILES string of the molecule is CC1(N)CCC(F)(S(=O)(=O)c2cccc(C(F)(F)F)c2)CC1. The molecule has 22 heavy (non-hydrogen) atoms. The summed E-state index contributed by atoms with van der Waals surface area (Å²) in [5.74, 6) is 0. The molecule has 0 aliphatic heterocycles. The summed E-state index contributed by atoms with van der Waals surface area (Å²) < 4.78 is 77.8. The van der Waals surface area contributed by atoms with Crippen LogP contribution in [0.5, 0.6) is 0 Å². The first-order valence-electron chi connectivity index (χ1n) is 6.77. The van der Waals surface area contributed by atoms with Crippen LogP contribution in [-0.2, 0) is 16.0 Å². The second-order valence-corrected chi connectivity index (χ2v) is 8.28. The lowest BCUT2D eigenvalue weighted by Gasteiger charge is -2.37. The lowest BCUT2D eigenvalue weighted by atomic mass is 9.83. The first kappa shape index (κ1) is 17.2. The minimum Gasteiger partial charge on any atom is -0.325 e. The molecule has 0 aromatic heterocycles. The van der Waals surface area contributed by atoms with Crippen molar-refractivity contribution in [2.45, 2.75) is 54.2 Å². The fourth-order valence-electron chi connectivity index (χ4n) is 2.51. The van der Waals surface area contributed by atoms with Crippen molar-refractivity contribution in [2.75, 3.05) is 0 Å². The topological polar surface area (TPSA) is 60.2 Å². The fraction of sp³-hybridized carbons (Fsp3) is 0.571. The van der Waals surface area contributed by atoms with Gasteiger partial charge in [-0.3, -0.25) is 0 Å². The van der Waals surface area contributed by atoms with E-state index in [1.807, 2.05) is 0 Å². The van der Waals surface area contributed by atoms with Gasteiger partial charge in [0, 0.05) is 5.54 Å². The third-order valence-corrected chi connectivity index (χ3v) is 6.34. The van der Waals surface area contributed by atoms with E-state index >= 15 is 0 Å². The Morgan fingerprint density at radius 1 is 1.14 bits per heavy atom. The van der Waals surface area contributed by atoms with Gasteiger partial charge in [0.05, 0.1) is 10.5 Å². The molecule has 0 spiro atoms. The Kier molecular flexibility index (Phi) is 4.06. The highest BCUT2D eigenvalue weighted by Gasteiger charge is 2.49. The van der Waals surface area contributed by atoms with Gasteiger partial charge in [-0.05, 0) is 50.8 Å². The van der Waals surface area contributed by atoms with Crippen molar-refractivity contribution in [3.63, 3.8) is 0 Å². The molecule has 1 aliphatic rings. The Hall–Kier alpha value is -1.15. The first-order chi connectivity index (χ1) is 9.87. The van der Waals surface area contributed by atoms with Gasteiger partial charge in [0.1, 0.15) is 0 Å². The molecule has 2 rings (SSSR count). The number of nitrogens with two attached hydrogens (primary N) is 1. The summed E-state index contributed by atoms with van der Waals surface area (Å²) in [6.45, 7) is 1.70. The second kappa shape index (κ2) is 5.19. The van der Waals surface area contributed by atoms with Crippen LogP contribution in [0.25, 0.3) is 0 Å². The largest absolute Gasteiger partial charge is 0.416 e. The van der Waals surface area contributed by atoms with Crippen LogP contribution in [0, 0.1) is 0 Å². The summed E-state index contributed by atoms with van der Waals surface area (Å²) in [6.07, 6.45) is -5.02. The molecule has 0 radical (unpaired) electrons. The molecular weight excluding hydrogens is 322 g/mol. The Bertz CT molecular complexity index is 658. The molecule has 1 saturated carbocycles. The molecule has 0 heterocycles. The van der Waals surface area contributed by atoms with Crippen LogP contribution in [0.1, 0.15) is 38.2 Å². The van der Waals surface area contributed by atoms with Gasteiger partial charge in [-0.2, -0.15) is 13.2 Å². The number of hydrogen-bond donors (Lipinski definition) is 1. The maximum Gasteiger partial charge on any atom is 0.416 e. The zero-order valence-corrected chi connectivity index (χ0v) is 12.8. The van der Waals surface area contributed by atoms with E-state index in [0.29, 0.717) is 6.07 Å². The maximum atomic E-state index is 14.9. The van der Waals surface area contributed by atoms with E-state index < -0.39 is 37.0 Å². The first-order valence-corrected chi connectivity index (χ1v) is 8.25. The van der Waals surface area contributed by atoms with Crippen molar-refractivity contribution >= 4 is 9.84 Å². The molecule has 3 nitrogen and oxygen atoms in total. The van der Waals surface area contributed by atoms with Crippen molar-refractivity contribution in [3.05, 3.63) is 29.8 Å². The Morgan fingerprint density at radius 2 is 1.68 bits per heavy atom. The van der Waals surface area contributed by atoms with E-state index in [1.165, 1.54) is 0 Å². The lowest BCUT2D eigenvalue weighted by molar-refractivity contribution is -0.137. The molecule has 0 bridgehead atoms. The minimum atomic E-state index is -4.68. The third kappa shape index (κ3) is 3.12. The van der Waals surface area contributed by atoms with E-state index in [-0.39, 0.29) is 25.7 Å². The van der Waals surface area contributed by atoms with Gasteiger partial charge in [0.2, 0.25) is 14.8 Å². The summed E-state index contributed by atoms with van der Waals surface area (Å²) in [5, 5.41) is -2.57. The Morgan fingerprint density at radius 3 is 2.18 bits per heavy atom. The Balaban J connectivity index is 2.39. The number of alkyl halides is 4. The number of hydrogen-bond acceptors (Lipinski definition) is 3. The summed E-state index contributed by atoms with van der Waals surface area (Å²) in [5.41, 5.74) is 4.08. The van der Waals surface area contributed by atoms with E-state index in [1.54, 1.807) is 6.92 Å². The lowest BCUT2D eigenvalue weighted by Crippen LogP contribution is -2.47. The Labute approximate surface area is 126 Å². The molecule has 0 unspecified atom stereocenters. The highest BCUT2D eigenvalue weighted by Crippen LogP contribution is 2.43. The van der Waals surface area contributed by atoms with Crippen LogP contribution in [0.3, 0.4) is 0 Å². The van der Waals surface area contributed by atoms with E-state index in [4.69, 9.17) is 5.73 Å². The summed E-state index contributed by atoms with van der Waals surface area (Å²) in [6, 6.07) is 3.19. The van der Waals surface area contributed by atoms with Gasteiger partial charge < -0.3 is 5.73 Å². The van der Waals surface area contributed by atoms with Crippen molar-refractivity contribution < 1.29 is 26.0 Å². The smallest absolute Gasteiger partial charge is 0.325 e. The molecular formula is C14H17F4NO2S. The van der Waals surface area contributed by atoms with Crippen molar-refractivity contribution in [1.82, 2.24) is 0 Å². The molecule has 1 aromatic rings. The molecule has 0 atom stereocenters. The van der Waals surface area contributed by atoms with Crippen LogP contribution >= 0.6 is 0 Å². The van der Waals surface area contributed by atoms with E-state index in [2.05, 4.69) is 0 Å². The molecule has 1 aliphatic carbocycles. The average molecular weight is 339 g/mol. The van der Waals surface area contributed by atoms with Crippen molar-refractivity contribution in [1.29, 1.82) is 0 Å². The van der Waals surface area contributed by atoms with E-state index in [9.17, 15) is 26.0 Å². The number of rotatable bonds is 2. The van der Waals surface area contributed by atoms with Crippen LogP contribution in [0.15, 0.2) is 29.2 Å². The predicted octanol–water partition coefficient (Wildman–Crippen LogP) is 3.44. The monoisotopic (exact) mass is 339 g/mol. The summed E-state index contributed by atoms with van der Waals surface area (Å²) in [4.78, 5) is -0.648. The summed E-state index contributed by atoms with van der Waals surface area (Å²) >= 11 is 0. The van der Waals surface area contributed by atoms with Crippen LogP contribution in [-0.4, -0.2) is 19.0 Å². The zero-order chi connectivity index (χ0) is 16.8. The number of halogens is 4. The number of benzene rings is 1. The molecule has 1 aromatic carbocycles. The van der Waals surface area contributed by atoms with Gasteiger partial charge in [-0.15, -0.1) is 0 Å². The van der Waals surface area contributed by atoms with Crippen LogP contribution in [0.2, 0.25) is 0 Å². The second-order valence-electron chi connectivity index (χ2n) is 6.07. The van der Waals surface area contributed by atoms with Crippen molar-refractivity contribution in [2.24, 2.45) is 5.73 Å². The molecule has 0 saturated heterocycles.